The number of ether oxygens (including phenoxy) is 1. The highest BCUT2D eigenvalue weighted by molar-refractivity contribution is 5.70. The van der Waals surface area contributed by atoms with Crippen molar-refractivity contribution in [2.75, 3.05) is 0 Å². The van der Waals surface area contributed by atoms with Crippen molar-refractivity contribution in [3.8, 4) is 17.6 Å². The van der Waals surface area contributed by atoms with Crippen molar-refractivity contribution in [3.63, 3.8) is 0 Å². The minimum absolute atomic E-state index is 0.0839. The third kappa shape index (κ3) is 4.15. The monoisotopic (exact) mass is 383 g/mol. The zero-order valence-electron chi connectivity index (χ0n) is 14.8. The number of halogens is 2. The van der Waals surface area contributed by atoms with Gasteiger partial charge < -0.3 is 9.84 Å². The van der Waals surface area contributed by atoms with E-state index in [0.29, 0.717) is 11.3 Å². The van der Waals surface area contributed by atoms with E-state index < -0.39 is 24.0 Å². The predicted octanol–water partition coefficient (Wildman–Crippen LogP) is 3.54. The van der Waals surface area contributed by atoms with E-state index in [2.05, 4.69) is 5.10 Å². The Hall–Kier alpha value is -3.73. The molecule has 0 unspecified atom stereocenters. The number of hydrogen-bond acceptors (Lipinski definition) is 4. The van der Waals surface area contributed by atoms with Gasteiger partial charge in [0.15, 0.2) is 0 Å². The third-order valence-corrected chi connectivity index (χ3v) is 4.08. The molecule has 0 saturated carbocycles. The molecule has 1 heterocycles. The van der Waals surface area contributed by atoms with Crippen LogP contribution in [0.2, 0.25) is 0 Å². The number of aryl methyl sites for hydroxylation is 1. The van der Waals surface area contributed by atoms with Gasteiger partial charge in [0, 0.05) is 23.9 Å². The van der Waals surface area contributed by atoms with Crippen LogP contribution in [0.4, 0.5) is 8.78 Å². The molecule has 1 aromatic heterocycles. The van der Waals surface area contributed by atoms with E-state index in [-0.39, 0.29) is 29.2 Å². The Kier molecular flexibility index (Phi) is 5.36. The lowest BCUT2D eigenvalue weighted by Gasteiger charge is -2.09. The van der Waals surface area contributed by atoms with Crippen LogP contribution < -0.4 is 4.74 Å². The SMILES string of the molecule is Cc1cc(CC(=O)O)c(F)cc1-n1ccc(OCc2ccc(C#N)cc2F)n1. The molecule has 6 nitrogen and oxygen atoms in total. The van der Waals surface area contributed by atoms with Crippen molar-refractivity contribution in [3.05, 3.63) is 76.5 Å². The van der Waals surface area contributed by atoms with Gasteiger partial charge in [-0.15, -0.1) is 5.10 Å². The van der Waals surface area contributed by atoms with Gasteiger partial charge in [-0.2, -0.15) is 5.26 Å². The highest BCUT2D eigenvalue weighted by Gasteiger charge is 2.13. The zero-order chi connectivity index (χ0) is 20.3. The van der Waals surface area contributed by atoms with Gasteiger partial charge in [0.2, 0.25) is 5.88 Å². The van der Waals surface area contributed by atoms with Crippen LogP contribution in [0.25, 0.3) is 5.69 Å². The molecular formula is C20H15F2N3O3. The number of aromatic nitrogens is 2. The fraction of sp³-hybridized carbons (Fsp3) is 0.150. The van der Waals surface area contributed by atoms with Crippen molar-refractivity contribution in [2.24, 2.45) is 0 Å². The summed E-state index contributed by atoms with van der Waals surface area (Å²) in [6.07, 6.45) is 1.15. The van der Waals surface area contributed by atoms with Gasteiger partial charge in [-0.1, -0.05) is 12.1 Å². The summed E-state index contributed by atoms with van der Waals surface area (Å²) in [7, 11) is 0. The minimum Gasteiger partial charge on any atom is -0.481 e. The summed E-state index contributed by atoms with van der Waals surface area (Å²) in [6, 6.07) is 10.2. The second-order valence-corrected chi connectivity index (χ2v) is 6.11. The lowest BCUT2D eigenvalue weighted by molar-refractivity contribution is -0.136. The first-order chi connectivity index (χ1) is 13.4. The van der Waals surface area contributed by atoms with Crippen molar-refractivity contribution >= 4 is 5.97 Å². The molecule has 3 rings (SSSR count). The number of carbonyl (C=O) groups is 1. The van der Waals surface area contributed by atoms with Gasteiger partial charge in [-0.25, -0.2) is 13.5 Å². The number of nitriles is 1. The summed E-state index contributed by atoms with van der Waals surface area (Å²) in [6.45, 7) is 1.63. The molecule has 0 bridgehead atoms. The summed E-state index contributed by atoms with van der Waals surface area (Å²) in [5.74, 6) is -2.10. The highest BCUT2D eigenvalue weighted by atomic mass is 19.1. The second kappa shape index (κ2) is 7.88. The van der Waals surface area contributed by atoms with Gasteiger partial charge in [-0.05, 0) is 30.2 Å². The second-order valence-electron chi connectivity index (χ2n) is 6.11. The van der Waals surface area contributed by atoms with Crippen LogP contribution in [0.15, 0.2) is 42.6 Å². The predicted molar refractivity (Wildman–Crippen MR) is 95.0 cm³/mol. The Bertz CT molecular complexity index is 1090. The molecule has 8 heteroatoms. The Morgan fingerprint density at radius 2 is 1.96 bits per heavy atom. The lowest BCUT2D eigenvalue weighted by Crippen LogP contribution is -2.06. The fourth-order valence-electron chi connectivity index (χ4n) is 2.68. The fourth-order valence-corrected chi connectivity index (χ4v) is 2.68. The van der Waals surface area contributed by atoms with Crippen LogP contribution in [0, 0.1) is 29.9 Å². The van der Waals surface area contributed by atoms with Crippen LogP contribution in [0.1, 0.15) is 22.3 Å². The normalized spacial score (nSPS) is 10.5. The summed E-state index contributed by atoms with van der Waals surface area (Å²) < 4.78 is 34.9. The average Bonchev–Trinajstić information content (AvgIpc) is 3.11. The van der Waals surface area contributed by atoms with E-state index in [1.54, 1.807) is 19.2 Å². The van der Waals surface area contributed by atoms with E-state index in [0.717, 1.165) is 6.07 Å². The molecule has 3 aromatic rings. The summed E-state index contributed by atoms with van der Waals surface area (Å²) in [5.41, 5.74) is 1.66. The summed E-state index contributed by atoms with van der Waals surface area (Å²) in [4.78, 5) is 10.8. The maximum absolute atomic E-state index is 14.2. The molecule has 0 aliphatic heterocycles. The number of aliphatic carboxylic acids is 1. The molecule has 0 aliphatic carbocycles. The molecule has 28 heavy (non-hydrogen) atoms. The maximum atomic E-state index is 14.2. The van der Waals surface area contributed by atoms with Crippen molar-refractivity contribution in [2.45, 2.75) is 20.0 Å². The topological polar surface area (TPSA) is 88.1 Å². The third-order valence-electron chi connectivity index (χ3n) is 4.08. The molecule has 0 aliphatic rings. The van der Waals surface area contributed by atoms with E-state index in [4.69, 9.17) is 15.1 Å². The van der Waals surface area contributed by atoms with Crippen LogP contribution >= 0.6 is 0 Å². The molecule has 0 atom stereocenters. The van der Waals surface area contributed by atoms with Crippen molar-refractivity contribution < 1.29 is 23.4 Å². The average molecular weight is 383 g/mol. The number of benzene rings is 2. The minimum atomic E-state index is -1.11. The van der Waals surface area contributed by atoms with Crippen LogP contribution in [-0.2, 0) is 17.8 Å². The maximum Gasteiger partial charge on any atom is 0.307 e. The Balaban J connectivity index is 1.76. The van der Waals surface area contributed by atoms with Crippen LogP contribution in [-0.4, -0.2) is 20.9 Å². The number of rotatable bonds is 6. The first-order valence-electron chi connectivity index (χ1n) is 8.25. The quantitative estimate of drug-likeness (QED) is 0.703. The van der Waals surface area contributed by atoms with Crippen molar-refractivity contribution in [1.82, 2.24) is 9.78 Å². The number of carboxylic acid groups (broad SMARTS) is 1. The molecule has 0 spiro atoms. The number of carboxylic acids is 1. The molecule has 142 valence electrons. The summed E-state index contributed by atoms with van der Waals surface area (Å²) >= 11 is 0. The Morgan fingerprint density at radius 3 is 2.64 bits per heavy atom. The van der Waals surface area contributed by atoms with Gasteiger partial charge in [0.1, 0.15) is 18.2 Å². The van der Waals surface area contributed by atoms with E-state index in [1.807, 2.05) is 6.07 Å². The largest absolute Gasteiger partial charge is 0.481 e. The molecule has 1 N–H and O–H groups in total. The molecule has 0 radical (unpaired) electrons. The first kappa shape index (κ1) is 19.0. The van der Waals surface area contributed by atoms with Crippen LogP contribution in [0.3, 0.4) is 0 Å². The van der Waals surface area contributed by atoms with Gasteiger partial charge in [0.25, 0.3) is 0 Å². The van der Waals surface area contributed by atoms with Gasteiger partial charge in [-0.3, -0.25) is 4.79 Å². The van der Waals surface area contributed by atoms with E-state index in [9.17, 15) is 13.6 Å². The Morgan fingerprint density at radius 1 is 1.21 bits per heavy atom. The summed E-state index contributed by atoms with van der Waals surface area (Å²) in [5, 5.41) is 21.8. The van der Waals surface area contributed by atoms with Gasteiger partial charge in [0.05, 0.1) is 23.7 Å². The van der Waals surface area contributed by atoms with Crippen molar-refractivity contribution in [1.29, 1.82) is 5.26 Å². The number of hydrogen-bond donors (Lipinski definition) is 1. The van der Waals surface area contributed by atoms with Crippen LogP contribution in [0.5, 0.6) is 5.88 Å². The molecule has 2 aromatic carbocycles. The van der Waals surface area contributed by atoms with E-state index in [1.165, 1.54) is 28.9 Å². The standard InChI is InChI=1S/C20H15F2N3O3/c1-12-6-15(8-20(26)27)17(22)9-18(12)25-5-4-19(24-25)28-11-14-3-2-13(10-23)7-16(14)21/h2-7,9H,8,11H2,1H3,(H,26,27). The zero-order valence-corrected chi connectivity index (χ0v) is 14.8. The first-order valence-corrected chi connectivity index (χ1v) is 8.25. The molecule has 0 fully saturated rings. The van der Waals surface area contributed by atoms with E-state index >= 15 is 0 Å². The lowest BCUT2D eigenvalue weighted by atomic mass is 10.1. The number of nitrogens with zero attached hydrogens (tertiary/aromatic N) is 3. The Labute approximate surface area is 159 Å². The smallest absolute Gasteiger partial charge is 0.307 e. The highest BCUT2D eigenvalue weighted by Crippen LogP contribution is 2.21. The molecular weight excluding hydrogens is 368 g/mol. The molecule has 0 saturated heterocycles. The molecule has 0 amide bonds. The van der Waals surface area contributed by atoms with Gasteiger partial charge >= 0.3 is 5.97 Å².